The van der Waals surface area contributed by atoms with Crippen molar-refractivity contribution in [2.45, 2.75) is 27.1 Å². The molecule has 0 saturated heterocycles. The van der Waals surface area contributed by atoms with Crippen molar-refractivity contribution < 1.29 is 19.1 Å². The van der Waals surface area contributed by atoms with Gasteiger partial charge < -0.3 is 9.47 Å². The lowest BCUT2D eigenvalue weighted by molar-refractivity contribution is 0.0470. The molecule has 0 unspecified atom stereocenters. The van der Waals surface area contributed by atoms with Crippen molar-refractivity contribution in [3.05, 3.63) is 119 Å². The van der Waals surface area contributed by atoms with Crippen molar-refractivity contribution in [3.63, 3.8) is 0 Å². The molecule has 0 N–H and O–H groups in total. The number of aromatic nitrogens is 2. The Bertz CT molecular complexity index is 1190. The molecular weight excluding hydrogens is 416 g/mol. The zero-order valence-electron chi connectivity index (χ0n) is 18.5. The van der Waals surface area contributed by atoms with Crippen molar-refractivity contribution in [1.82, 2.24) is 9.78 Å². The van der Waals surface area contributed by atoms with E-state index in [4.69, 9.17) is 9.47 Å². The van der Waals surface area contributed by atoms with Crippen LogP contribution in [0.15, 0.2) is 84.9 Å². The third-order valence-electron chi connectivity index (χ3n) is 5.07. The summed E-state index contributed by atoms with van der Waals surface area (Å²) in [5.74, 6) is -1.06. The quantitative estimate of drug-likeness (QED) is 0.369. The van der Waals surface area contributed by atoms with Gasteiger partial charge in [-0.2, -0.15) is 5.10 Å². The molecule has 0 aliphatic carbocycles. The van der Waals surface area contributed by atoms with Crippen LogP contribution in [0.3, 0.4) is 0 Å². The maximum Gasteiger partial charge on any atom is 0.338 e. The Morgan fingerprint density at radius 2 is 1.21 bits per heavy atom. The SMILES string of the molecule is Cc1cc(C)n(-c2cc(C(=O)OCc3ccccc3)cc(C(=O)OCc3ccccc3)c2)n1. The van der Waals surface area contributed by atoms with Crippen LogP contribution in [0.5, 0.6) is 0 Å². The smallest absolute Gasteiger partial charge is 0.338 e. The number of nitrogens with zero attached hydrogens (tertiary/aromatic N) is 2. The molecule has 0 saturated carbocycles. The minimum atomic E-state index is -0.528. The summed E-state index contributed by atoms with van der Waals surface area (Å²) in [5, 5.41) is 4.48. The fourth-order valence-electron chi connectivity index (χ4n) is 3.47. The number of hydrogen-bond acceptors (Lipinski definition) is 5. The Hall–Kier alpha value is -4.19. The summed E-state index contributed by atoms with van der Waals surface area (Å²) in [6.07, 6.45) is 0. The van der Waals surface area contributed by atoms with Crippen LogP contribution in [0.1, 0.15) is 43.2 Å². The summed E-state index contributed by atoms with van der Waals surface area (Å²) in [4.78, 5) is 25.7. The van der Waals surface area contributed by atoms with Crippen molar-refractivity contribution >= 4 is 11.9 Å². The molecule has 0 fully saturated rings. The molecule has 1 aromatic heterocycles. The normalized spacial score (nSPS) is 10.6. The fraction of sp³-hybridized carbons (Fsp3) is 0.148. The van der Waals surface area contributed by atoms with E-state index in [0.29, 0.717) is 5.69 Å². The standard InChI is InChI=1S/C27H24N2O4/c1-19-13-20(2)29(28-19)25-15-23(26(30)32-17-21-9-5-3-6-10-21)14-24(16-25)27(31)33-18-22-11-7-4-8-12-22/h3-16H,17-18H2,1-2H3. The van der Waals surface area contributed by atoms with Crippen LogP contribution in [-0.4, -0.2) is 21.7 Å². The first kappa shape index (κ1) is 22.0. The number of ether oxygens (including phenoxy) is 2. The van der Waals surface area contributed by atoms with Gasteiger partial charge in [-0.3, -0.25) is 0 Å². The fourth-order valence-corrected chi connectivity index (χ4v) is 3.47. The highest BCUT2D eigenvalue weighted by Gasteiger charge is 2.17. The van der Waals surface area contributed by atoms with Crippen molar-refractivity contribution in [3.8, 4) is 5.69 Å². The van der Waals surface area contributed by atoms with Crippen LogP contribution < -0.4 is 0 Å². The molecule has 4 rings (SSSR count). The zero-order chi connectivity index (χ0) is 23.2. The Labute approximate surface area is 192 Å². The van der Waals surface area contributed by atoms with Gasteiger partial charge in [-0.25, -0.2) is 14.3 Å². The number of benzene rings is 3. The third kappa shape index (κ3) is 5.54. The van der Waals surface area contributed by atoms with Gasteiger partial charge in [0.05, 0.1) is 22.5 Å². The molecule has 0 spiro atoms. The second-order valence-electron chi connectivity index (χ2n) is 7.73. The second-order valence-corrected chi connectivity index (χ2v) is 7.73. The maximum absolute atomic E-state index is 12.8. The van der Waals surface area contributed by atoms with E-state index in [1.54, 1.807) is 16.8 Å². The average Bonchev–Trinajstić information content (AvgIpc) is 3.19. The van der Waals surface area contributed by atoms with Gasteiger partial charge in [0.15, 0.2) is 0 Å². The Balaban J connectivity index is 1.61. The highest BCUT2D eigenvalue weighted by atomic mass is 16.5. The minimum Gasteiger partial charge on any atom is -0.457 e. The van der Waals surface area contributed by atoms with Gasteiger partial charge in [0.2, 0.25) is 0 Å². The van der Waals surface area contributed by atoms with Crippen LogP contribution in [0.4, 0.5) is 0 Å². The Morgan fingerprint density at radius 1 is 0.727 bits per heavy atom. The number of aryl methyl sites for hydroxylation is 2. The van der Waals surface area contributed by atoms with Crippen LogP contribution in [0, 0.1) is 13.8 Å². The van der Waals surface area contributed by atoms with Gasteiger partial charge in [-0.1, -0.05) is 60.7 Å². The average molecular weight is 440 g/mol. The Kier molecular flexibility index (Phi) is 6.64. The molecule has 6 heteroatoms. The van der Waals surface area contributed by atoms with Gasteiger partial charge in [0.1, 0.15) is 13.2 Å². The van der Waals surface area contributed by atoms with Gasteiger partial charge >= 0.3 is 11.9 Å². The predicted molar refractivity (Wildman–Crippen MR) is 124 cm³/mol. The van der Waals surface area contributed by atoms with E-state index in [1.165, 1.54) is 6.07 Å². The summed E-state index contributed by atoms with van der Waals surface area (Å²) in [6, 6.07) is 25.6. The molecule has 1 heterocycles. The summed E-state index contributed by atoms with van der Waals surface area (Å²) in [7, 11) is 0. The number of carbonyl (C=O) groups is 2. The molecule has 33 heavy (non-hydrogen) atoms. The van der Waals surface area contributed by atoms with E-state index in [0.717, 1.165) is 22.5 Å². The molecular formula is C27H24N2O4. The lowest BCUT2D eigenvalue weighted by atomic mass is 10.1. The number of hydrogen-bond donors (Lipinski definition) is 0. The topological polar surface area (TPSA) is 70.4 Å². The van der Waals surface area contributed by atoms with E-state index >= 15 is 0 Å². The van der Waals surface area contributed by atoms with Gasteiger partial charge in [0, 0.05) is 5.69 Å². The first-order valence-corrected chi connectivity index (χ1v) is 10.6. The predicted octanol–water partition coefficient (Wildman–Crippen LogP) is 5.20. The summed E-state index contributed by atoms with van der Waals surface area (Å²) in [6.45, 7) is 4.07. The monoisotopic (exact) mass is 440 g/mol. The summed E-state index contributed by atoms with van der Waals surface area (Å²) < 4.78 is 12.7. The number of esters is 2. The largest absolute Gasteiger partial charge is 0.457 e. The van der Waals surface area contributed by atoms with Crippen LogP contribution in [-0.2, 0) is 22.7 Å². The molecule has 0 atom stereocenters. The molecule has 0 radical (unpaired) electrons. The molecule has 0 aliphatic heterocycles. The van der Waals surface area contributed by atoms with E-state index < -0.39 is 11.9 Å². The minimum absolute atomic E-state index is 0.137. The third-order valence-corrected chi connectivity index (χ3v) is 5.07. The number of carbonyl (C=O) groups excluding carboxylic acids is 2. The molecule has 4 aromatic rings. The van der Waals surface area contributed by atoms with Crippen LogP contribution in [0.25, 0.3) is 5.69 Å². The number of rotatable bonds is 7. The van der Waals surface area contributed by atoms with Crippen LogP contribution >= 0.6 is 0 Å². The van der Waals surface area contributed by atoms with Crippen molar-refractivity contribution in [2.24, 2.45) is 0 Å². The van der Waals surface area contributed by atoms with Crippen molar-refractivity contribution in [1.29, 1.82) is 0 Å². The summed E-state index contributed by atoms with van der Waals surface area (Å²) >= 11 is 0. The molecule has 3 aromatic carbocycles. The van der Waals surface area contributed by atoms with E-state index in [2.05, 4.69) is 5.10 Å². The van der Waals surface area contributed by atoms with E-state index in [9.17, 15) is 9.59 Å². The molecule has 6 nitrogen and oxygen atoms in total. The molecule has 0 bridgehead atoms. The first-order valence-electron chi connectivity index (χ1n) is 10.6. The lowest BCUT2D eigenvalue weighted by Crippen LogP contribution is -2.12. The molecule has 0 aliphatic rings. The van der Waals surface area contributed by atoms with Gasteiger partial charge in [-0.15, -0.1) is 0 Å². The second kappa shape index (κ2) is 9.96. The van der Waals surface area contributed by atoms with Gasteiger partial charge in [-0.05, 0) is 49.2 Å². The Morgan fingerprint density at radius 3 is 1.64 bits per heavy atom. The van der Waals surface area contributed by atoms with Gasteiger partial charge in [0.25, 0.3) is 0 Å². The lowest BCUT2D eigenvalue weighted by Gasteiger charge is -2.12. The van der Waals surface area contributed by atoms with E-state index in [-0.39, 0.29) is 24.3 Å². The highest BCUT2D eigenvalue weighted by molar-refractivity contribution is 5.96. The molecule has 166 valence electrons. The highest BCUT2D eigenvalue weighted by Crippen LogP contribution is 2.19. The van der Waals surface area contributed by atoms with Crippen LogP contribution in [0.2, 0.25) is 0 Å². The summed E-state index contributed by atoms with van der Waals surface area (Å²) in [5.41, 5.74) is 4.56. The van der Waals surface area contributed by atoms with E-state index in [1.807, 2.05) is 80.6 Å². The zero-order valence-corrected chi connectivity index (χ0v) is 18.5. The van der Waals surface area contributed by atoms with Crippen molar-refractivity contribution in [2.75, 3.05) is 0 Å². The first-order chi connectivity index (χ1) is 16.0. The molecule has 0 amide bonds. The maximum atomic E-state index is 12.8.